The van der Waals surface area contributed by atoms with E-state index in [-0.39, 0.29) is 22.7 Å². The van der Waals surface area contributed by atoms with Crippen molar-refractivity contribution < 1.29 is 14.1 Å². The molecule has 0 atom stereocenters. The smallest absolute Gasteiger partial charge is 0.312 e. The van der Waals surface area contributed by atoms with E-state index in [1.165, 1.54) is 30.3 Å². The predicted molar refractivity (Wildman–Crippen MR) is 72.0 cm³/mol. The maximum absolute atomic E-state index is 13.0. The van der Waals surface area contributed by atoms with E-state index in [1.807, 2.05) is 6.07 Å². The Morgan fingerprint density at radius 2 is 1.95 bits per heavy atom. The van der Waals surface area contributed by atoms with E-state index >= 15 is 0 Å². The van der Waals surface area contributed by atoms with Gasteiger partial charge in [-0.15, -0.1) is 0 Å². The van der Waals surface area contributed by atoms with Crippen LogP contribution in [-0.2, 0) is 0 Å². The number of hydrogen-bond acceptors (Lipinski definition) is 4. The van der Waals surface area contributed by atoms with Crippen molar-refractivity contribution in [3.05, 3.63) is 62.4 Å². The molecule has 0 amide bonds. The highest BCUT2D eigenvalue weighted by Gasteiger charge is 2.17. The third-order valence-corrected chi connectivity index (χ3v) is 3.02. The minimum atomic E-state index is -0.645. The first-order chi connectivity index (χ1) is 9.51. The lowest BCUT2D eigenvalue weighted by Gasteiger charge is -2.08. The summed E-state index contributed by atoms with van der Waals surface area (Å²) < 4.78 is 18.7. The first-order valence-corrected chi connectivity index (χ1v) is 6.12. The summed E-state index contributed by atoms with van der Waals surface area (Å²) in [7, 11) is 0. The van der Waals surface area contributed by atoms with Gasteiger partial charge in [-0.3, -0.25) is 10.1 Å². The molecule has 7 heteroatoms. The van der Waals surface area contributed by atoms with E-state index in [4.69, 9.17) is 10.00 Å². The maximum Gasteiger partial charge on any atom is 0.312 e. The fourth-order valence-corrected chi connectivity index (χ4v) is 1.92. The molecule has 0 aliphatic rings. The van der Waals surface area contributed by atoms with Gasteiger partial charge < -0.3 is 4.74 Å². The van der Waals surface area contributed by atoms with Crippen molar-refractivity contribution in [2.45, 2.75) is 0 Å². The maximum atomic E-state index is 13.0. The molecule has 2 aromatic rings. The summed E-state index contributed by atoms with van der Waals surface area (Å²) in [4.78, 5) is 10.3. The molecule has 2 aromatic carbocycles. The normalized spacial score (nSPS) is 9.85. The van der Waals surface area contributed by atoms with Gasteiger partial charge in [-0.25, -0.2) is 4.39 Å². The van der Waals surface area contributed by atoms with Crippen LogP contribution in [-0.4, -0.2) is 4.92 Å². The second kappa shape index (κ2) is 5.67. The molecule has 0 aliphatic carbocycles. The largest absolute Gasteiger partial charge is 0.449 e. The second-order valence-corrected chi connectivity index (χ2v) is 4.58. The van der Waals surface area contributed by atoms with Gasteiger partial charge in [-0.2, -0.15) is 5.26 Å². The molecule has 0 saturated heterocycles. The molecule has 5 nitrogen and oxygen atoms in total. The third-order valence-electron chi connectivity index (χ3n) is 2.40. The molecule has 0 fully saturated rings. The summed E-state index contributed by atoms with van der Waals surface area (Å²) in [6.07, 6.45) is 0. The average Bonchev–Trinajstić information content (AvgIpc) is 2.42. The molecule has 0 unspecified atom stereocenters. The van der Waals surface area contributed by atoms with Crippen LogP contribution in [0, 0.1) is 27.3 Å². The molecular formula is C13H6BrFN2O3. The molecule has 0 saturated carbocycles. The van der Waals surface area contributed by atoms with Gasteiger partial charge in [0.15, 0.2) is 0 Å². The van der Waals surface area contributed by atoms with Crippen LogP contribution in [0.3, 0.4) is 0 Å². The standard InChI is InChI=1S/C13H6BrFN2O3/c14-10-6-9(15)2-4-12(10)20-13-3-1-8(7-16)5-11(13)17(18)19/h1-6H. The average molecular weight is 337 g/mol. The van der Waals surface area contributed by atoms with Crippen molar-refractivity contribution in [3.63, 3.8) is 0 Å². The van der Waals surface area contributed by atoms with Crippen molar-refractivity contribution in [1.29, 1.82) is 5.26 Å². The molecule has 0 aliphatic heterocycles. The summed E-state index contributed by atoms with van der Waals surface area (Å²) in [6, 6.07) is 9.37. The number of nitro groups is 1. The molecule has 0 aromatic heterocycles. The molecule has 20 heavy (non-hydrogen) atoms. The number of rotatable bonds is 3. The molecule has 0 heterocycles. The number of halogens is 2. The van der Waals surface area contributed by atoms with Crippen LogP contribution in [0.4, 0.5) is 10.1 Å². The number of ether oxygens (including phenoxy) is 1. The van der Waals surface area contributed by atoms with Crippen LogP contribution >= 0.6 is 15.9 Å². The van der Waals surface area contributed by atoms with Gasteiger partial charge in [-0.05, 0) is 46.3 Å². The minimum Gasteiger partial charge on any atom is -0.449 e. The zero-order valence-corrected chi connectivity index (χ0v) is 11.4. The zero-order valence-electron chi connectivity index (χ0n) is 9.84. The Balaban J connectivity index is 2.43. The van der Waals surface area contributed by atoms with Crippen LogP contribution in [0.25, 0.3) is 0 Å². The van der Waals surface area contributed by atoms with Gasteiger partial charge in [0.25, 0.3) is 0 Å². The minimum absolute atomic E-state index is 0.0266. The van der Waals surface area contributed by atoms with Gasteiger partial charge in [0.05, 0.1) is 21.0 Å². The van der Waals surface area contributed by atoms with Gasteiger partial charge in [0, 0.05) is 6.07 Å². The molecular weight excluding hydrogens is 331 g/mol. The number of benzene rings is 2. The summed E-state index contributed by atoms with van der Waals surface area (Å²) in [5.41, 5.74) is -0.178. The Morgan fingerprint density at radius 3 is 2.55 bits per heavy atom. The number of nitrogens with zero attached hydrogens (tertiary/aromatic N) is 2. The Labute approximate surface area is 121 Å². The van der Waals surface area contributed by atoms with E-state index in [9.17, 15) is 14.5 Å². The van der Waals surface area contributed by atoms with Crippen molar-refractivity contribution >= 4 is 21.6 Å². The van der Waals surface area contributed by atoms with Gasteiger partial charge in [0.2, 0.25) is 5.75 Å². The number of nitro benzene ring substituents is 1. The third kappa shape index (κ3) is 2.92. The zero-order chi connectivity index (χ0) is 14.7. The molecule has 0 radical (unpaired) electrons. The predicted octanol–water partition coefficient (Wildman–Crippen LogP) is 4.16. The Bertz CT molecular complexity index is 728. The SMILES string of the molecule is N#Cc1ccc(Oc2ccc(F)cc2Br)c([N+](=O)[O-])c1. The van der Waals surface area contributed by atoms with Crippen molar-refractivity contribution in [1.82, 2.24) is 0 Å². The quantitative estimate of drug-likeness (QED) is 0.622. The fraction of sp³-hybridized carbons (Fsp3) is 0. The van der Waals surface area contributed by atoms with Crippen LogP contribution in [0.5, 0.6) is 11.5 Å². The molecule has 2 rings (SSSR count). The van der Waals surface area contributed by atoms with Gasteiger partial charge in [-0.1, -0.05) is 0 Å². The van der Waals surface area contributed by atoms with Gasteiger partial charge >= 0.3 is 5.69 Å². The summed E-state index contributed by atoms with van der Waals surface area (Å²) in [6.45, 7) is 0. The first-order valence-electron chi connectivity index (χ1n) is 5.32. The van der Waals surface area contributed by atoms with E-state index in [2.05, 4.69) is 15.9 Å². The van der Waals surface area contributed by atoms with Crippen molar-refractivity contribution in [2.24, 2.45) is 0 Å². The summed E-state index contributed by atoms with van der Waals surface area (Å²) in [5, 5.41) is 19.7. The molecule has 0 bridgehead atoms. The molecule has 0 spiro atoms. The fourth-order valence-electron chi connectivity index (χ4n) is 1.49. The second-order valence-electron chi connectivity index (χ2n) is 3.73. The Kier molecular flexibility index (Phi) is 3.96. The first kappa shape index (κ1) is 14.0. The number of nitriles is 1. The van der Waals surface area contributed by atoms with Crippen molar-refractivity contribution in [2.75, 3.05) is 0 Å². The lowest BCUT2D eigenvalue weighted by Crippen LogP contribution is -1.95. The summed E-state index contributed by atoms with van der Waals surface area (Å²) >= 11 is 3.11. The highest BCUT2D eigenvalue weighted by atomic mass is 79.9. The Hall–Kier alpha value is -2.46. The van der Waals surface area contributed by atoms with Gasteiger partial charge in [0.1, 0.15) is 11.6 Å². The summed E-state index contributed by atoms with van der Waals surface area (Å²) in [5.74, 6) is -0.251. The van der Waals surface area contributed by atoms with E-state index in [0.717, 1.165) is 6.07 Å². The lowest BCUT2D eigenvalue weighted by molar-refractivity contribution is -0.385. The van der Waals surface area contributed by atoms with Crippen LogP contribution < -0.4 is 4.74 Å². The highest BCUT2D eigenvalue weighted by Crippen LogP contribution is 2.35. The molecule has 0 N–H and O–H groups in total. The van der Waals surface area contributed by atoms with Crippen molar-refractivity contribution in [3.8, 4) is 17.6 Å². The van der Waals surface area contributed by atoms with E-state index < -0.39 is 10.7 Å². The van der Waals surface area contributed by atoms with E-state index in [0.29, 0.717) is 4.47 Å². The van der Waals surface area contributed by atoms with Crippen LogP contribution in [0.1, 0.15) is 5.56 Å². The highest BCUT2D eigenvalue weighted by molar-refractivity contribution is 9.10. The molecule has 100 valence electrons. The monoisotopic (exact) mass is 336 g/mol. The van der Waals surface area contributed by atoms with Crippen LogP contribution in [0.15, 0.2) is 40.9 Å². The Morgan fingerprint density at radius 1 is 1.25 bits per heavy atom. The van der Waals surface area contributed by atoms with Crippen LogP contribution in [0.2, 0.25) is 0 Å². The lowest BCUT2D eigenvalue weighted by atomic mass is 10.2. The van der Waals surface area contributed by atoms with E-state index in [1.54, 1.807) is 0 Å². The topological polar surface area (TPSA) is 76.2 Å². The number of hydrogen-bond donors (Lipinski definition) is 0.